The fourth-order valence-corrected chi connectivity index (χ4v) is 0.987. The minimum absolute atomic E-state index is 0.0510. The summed E-state index contributed by atoms with van der Waals surface area (Å²) in [5.41, 5.74) is 8.74. The van der Waals surface area contributed by atoms with E-state index in [0.717, 1.165) is 0 Å². The number of halogens is 1. The van der Waals surface area contributed by atoms with Crippen LogP contribution in [0.2, 0.25) is 0 Å². The van der Waals surface area contributed by atoms with Crippen LogP contribution in [0.15, 0.2) is 17.2 Å². The van der Waals surface area contributed by atoms with E-state index < -0.39 is 5.82 Å². The number of rotatable bonds is 2. The second-order valence-electron chi connectivity index (χ2n) is 2.46. The number of nitrogens with zero attached hydrogens (tertiary/aromatic N) is 3. The monoisotopic (exact) mass is 181 g/mol. The molecule has 0 aliphatic rings. The van der Waals surface area contributed by atoms with Crippen LogP contribution in [-0.4, -0.2) is 7.11 Å². The molecule has 0 amide bonds. The Hall–Kier alpha value is -1.74. The zero-order chi connectivity index (χ0) is 9.84. The zero-order valence-electron chi connectivity index (χ0n) is 7.28. The van der Waals surface area contributed by atoms with Gasteiger partial charge in [0.2, 0.25) is 0 Å². The highest BCUT2D eigenvalue weighted by molar-refractivity contribution is 5.48. The van der Waals surface area contributed by atoms with Gasteiger partial charge in [-0.3, -0.25) is 0 Å². The van der Waals surface area contributed by atoms with Crippen LogP contribution in [-0.2, 0) is 0 Å². The third kappa shape index (κ3) is 1.89. The van der Waals surface area contributed by atoms with E-state index in [1.54, 1.807) is 6.92 Å². The molecule has 1 aromatic rings. The van der Waals surface area contributed by atoms with Gasteiger partial charge in [-0.1, -0.05) is 5.11 Å². The molecule has 13 heavy (non-hydrogen) atoms. The van der Waals surface area contributed by atoms with Crippen molar-refractivity contribution in [1.29, 1.82) is 0 Å². The standard InChI is InChI=1S/C8H8FN3O/c1-5-3-6(9)7(11-12-10)4-8(5)13-2/h3-4H,1-2H3. The van der Waals surface area contributed by atoms with Crippen molar-refractivity contribution in [3.8, 4) is 5.75 Å². The molecule has 0 aliphatic carbocycles. The molecule has 1 aromatic carbocycles. The van der Waals surface area contributed by atoms with Crippen LogP contribution in [0.4, 0.5) is 10.1 Å². The lowest BCUT2D eigenvalue weighted by atomic mass is 10.2. The first-order valence-corrected chi connectivity index (χ1v) is 3.58. The molecule has 0 aliphatic heterocycles. The molecule has 0 bridgehead atoms. The van der Waals surface area contributed by atoms with Gasteiger partial charge in [-0.15, -0.1) is 0 Å². The molecule has 0 radical (unpaired) electrons. The summed E-state index contributed by atoms with van der Waals surface area (Å²) in [5.74, 6) is -0.0418. The Balaban J connectivity index is 3.29. The van der Waals surface area contributed by atoms with Crippen molar-refractivity contribution in [3.63, 3.8) is 0 Å². The summed E-state index contributed by atoms with van der Waals surface area (Å²) in [7, 11) is 1.47. The molecule has 0 unspecified atom stereocenters. The maximum atomic E-state index is 13.0. The molecule has 0 spiro atoms. The van der Waals surface area contributed by atoms with E-state index in [0.29, 0.717) is 11.3 Å². The summed E-state index contributed by atoms with van der Waals surface area (Å²) >= 11 is 0. The van der Waals surface area contributed by atoms with Gasteiger partial charge in [0.05, 0.1) is 12.8 Å². The number of azide groups is 1. The number of benzene rings is 1. The van der Waals surface area contributed by atoms with Gasteiger partial charge in [0, 0.05) is 4.91 Å². The van der Waals surface area contributed by atoms with E-state index in [-0.39, 0.29) is 5.69 Å². The SMILES string of the molecule is COc1cc(N=[N+]=[N-])c(F)cc1C. The summed E-state index contributed by atoms with van der Waals surface area (Å²) in [6.07, 6.45) is 0. The summed E-state index contributed by atoms with van der Waals surface area (Å²) in [5, 5.41) is 3.18. The highest BCUT2D eigenvalue weighted by atomic mass is 19.1. The molecule has 0 fully saturated rings. The first-order valence-electron chi connectivity index (χ1n) is 3.58. The van der Waals surface area contributed by atoms with E-state index >= 15 is 0 Å². The zero-order valence-corrected chi connectivity index (χ0v) is 7.28. The molecule has 0 saturated heterocycles. The Morgan fingerprint density at radius 1 is 1.54 bits per heavy atom. The highest BCUT2D eigenvalue weighted by Gasteiger charge is 2.05. The quantitative estimate of drug-likeness (QED) is 0.393. The second-order valence-corrected chi connectivity index (χ2v) is 2.46. The van der Waals surface area contributed by atoms with Crippen molar-refractivity contribution in [2.24, 2.45) is 5.11 Å². The molecular formula is C8H8FN3O. The summed E-state index contributed by atoms with van der Waals surface area (Å²) in [6.45, 7) is 1.71. The molecule has 1 rings (SSSR count). The molecule has 68 valence electrons. The average Bonchev–Trinajstić information content (AvgIpc) is 2.10. The Morgan fingerprint density at radius 3 is 2.77 bits per heavy atom. The van der Waals surface area contributed by atoms with Crippen LogP contribution >= 0.6 is 0 Å². The van der Waals surface area contributed by atoms with Crippen molar-refractivity contribution < 1.29 is 9.13 Å². The molecule has 0 saturated carbocycles. The van der Waals surface area contributed by atoms with Gasteiger partial charge in [0.15, 0.2) is 0 Å². The van der Waals surface area contributed by atoms with Crippen molar-refractivity contribution >= 4 is 5.69 Å². The Bertz CT molecular complexity index is 372. The van der Waals surface area contributed by atoms with Gasteiger partial charge in [0.25, 0.3) is 0 Å². The number of hydrogen-bond donors (Lipinski definition) is 0. The van der Waals surface area contributed by atoms with Crippen molar-refractivity contribution in [1.82, 2.24) is 0 Å². The second kappa shape index (κ2) is 3.78. The van der Waals surface area contributed by atoms with Crippen LogP contribution in [0, 0.1) is 12.7 Å². The van der Waals surface area contributed by atoms with Crippen LogP contribution < -0.4 is 4.74 Å². The van der Waals surface area contributed by atoms with Crippen molar-refractivity contribution in [2.45, 2.75) is 6.92 Å². The summed E-state index contributed by atoms with van der Waals surface area (Å²) in [4.78, 5) is 2.50. The molecule has 0 N–H and O–H groups in total. The van der Waals surface area contributed by atoms with Crippen LogP contribution in [0.1, 0.15) is 5.56 Å². The van der Waals surface area contributed by atoms with Gasteiger partial charge in [-0.2, -0.15) is 0 Å². The van der Waals surface area contributed by atoms with E-state index in [2.05, 4.69) is 10.0 Å². The van der Waals surface area contributed by atoms with E-state index in [1.165, 1.54) is 19.2 Å². The van der Waals surface area contributed by atoms with Crippen LogP contribution in [0.5, 0.6) is 5.75 Å². The number of methoxy groups -OCH3 is 1. The maximum Gasteiger partial charge on any atom is 0.133 e. The lowest BCUT2D eigenvalue weighted by Gasteiger charge is -2.05. The maximum absolute atomic E-state index is 13.0. The van der Waals surface area contributed by atoms with E-state index in [9.17, 15) is 4.39 Å². The lowest BCUT2D eigenvalue weighted by Crippen LogP contribution is -1.88. The summed E-state index contributed by atoms with van der Waals surface area (Å²) in [6, 6.07) is 2.63. The molecule has 0 aromatic heterocycles. The van der Waals surface area contributed by atoms with Crippen molar-refractivity contribution in [2.75, 3.05) is 7.11 Å². The number of ether oxygens (including phenoxy) is 1. The molecule has 5 heteroatoms. The normalized spacial score (nSPS) is 9.15. The first kappa shape index (κ1) is 9.35. The van der Waals surface area contributed by atoms with E-state index in [1.807, 2.05) is 0 Å². The minimum Gasteiger partial charge on any atom is -0.496 e. The van der Waals surface area contributed by atoms with Gasteiger partial charge in [0.1, 0.15) is 11.6 Å². The highest BCUT2D eigenvalue weighted by Crippen LogP contribution is 2.27. The Labute approximate surface area is 74.6 Å². The number of aryl methyl sites for hydroxylation is 1. The average molecular weight is 181 g/mol. The van der Waals surface area contributed by atoms with Gasteiger partial charge < -0.3 is 4.74 Å². The first-order chi connectivity index (χ1) is 6.19. The van der Waals surface area contributed by atoms with Gasteiger partial charge >= 0.3 is 0 Å². The van der Waals surface area contributed by atoms with Crippen molar-refractivity contribution in [3.05, 3.63) is 34.0 Å². The largest absolute Gasteiger partial charge is 0.496 e. The Morgan fingerprint density at radius 2 is 2.23 bits per heavy atom. The third-order valence-corrected chi connectivity index (χ3v) is 1.62. The van der Waals surface area contributed by atoms with Crippen LogP contribution in [0.3, 0.4) is 0 Å². The Kier molecular flexibility index (Phi) is 2.72. The minimum atomic E-state index is -0.545. The molecule has 0 heterocycles. The van der Waals surface area contributed by atoms with E-state index in [4.69, 9.17) is 10.3 Å². The lowest BCUT2D eigenvalue weighted by molar-refractivity contribution is 0.410. The van der Waals surface area contributed by atoms with Gasteiger partial charge in [-0.05, 0) is 30.2 Å². The summed E-state index contributed by atoms with van der Waals surface area (Å²) < 4.78 is 18.0. The third-order valence-electron chi connectivity index (χ3n) is 1.62. The van der Waals surface area contributed by atoms with Crippen LogP contribution in [0.25, 0.3) is 10.4 Å². The smallest absolute Gasteiger partial charge is 0.133 e. The molecule has 4 nitrogen and oxygen atoms in total. The molecular weight excluding hydrogens is 173 g/mol. The fraction of sp³-hybridized carbons (Fsp3) is 0.250. The topological polar surface area (TPSA) is 58.0 Å². The number of hydrogen-bond acceptors (Lipinski definition) is 2. The predicted molar refractivity (Wildman–Crippen MR) is 46.5 cm³/mol. The fourth-order valence-electron chi connectivity index (χ4n) is 0.987. The molecule has 0 atom stereocenters. The predicted octanol–water partition coefficient (Wildman–Crippen LogP) is 3.08. The van der Waals surface area contributed by atoms with Gasteiger partial charge in [-0.25, -0.2) is 4.39 Å².